The molecule has 1 saturated carbocycles. The van der Waals surface area contributed by atoms with Crippen LogP contribution in [-0.4, -0.2) is 39.1 Å². The molecule has 0 aliphatic heterocycles. The summed E-state index contributed by atoms with van der Waals surface area (Å²) in [7, 11) is -3.36. The smallest absolute Gasteiger partial charge is 0.251 e. The van der Waals surface area contributed by atoms with Crippen molar-refractivity contribution in [3.05, 3.63) is 29.8 Å². The van der Waals surface area contributed by atoms with Crippen molar-refractivity contribution in [3.8, 4) is 0 Å². The molecule has 2 N–H and O–H groups in total. The van der Waals surface area contributed by atoms with Crippen LogP contribution in [0.25, 0.3) is 0 Å². The van der Waals surface area contributed by atoms with E-state index in [-0.39, 0.29) is 29.0 Å². The normalized spacial score (nSPS) is 14.7. The molecular weight excluding hydrogens is 280 g/mol. The van der Waals surface area contributed by atoms with Gasteiger partial charge in [-0.25, -0.2) is 8.42 Å². The van der Waals surface area contributed by atoms with E-state index in [9.17, 15) is 18.0 Å². The second-order valence-electron chi connectivity index (χ2n) is 4.82. The summed E-state index contributed by atoms with van der Waals surface area (Å²) in [6, 6.07) is 5.96. The summed E-state index contributed by atoms with van der Waals surface area (Å²) < 4.78 is 22.8. The van der Waals surface area contributed by atoms with Gasteiger partial charge >= 0.3 is 0 Å². The van der Waals surface area contributed by atoms with Crippen molar-refractivity contribution in [2.45, 2.75) is 23.8 Å². The molecule has 7 heteroatoms. The zero-order valence-electron chi connectivity index (χ0n) is 11.0. The zero-order chi connectivity index (χ0) is 14.8. The Morgan fingerprint density at radius 2 is 2.00 bits per heavy atom. The molecule has 1 aromatic rings. The molecule has 0 radical (unpaired) electrons. The van der Waals surface area contributed by atoms with Crippen LogP contribution in [0, 0.1) is 0 Å². The Morgan fingerprint density at radius 1 is 1.30 bits per heavy atom. The van der Waals surface area contributed by atoms with E-state index in [4.69, 9.17) is 0 Å². The van der Waals surface area contributed by atoms with Crippen molar-refractivity contribution in [2.24, 2.45) is 0 Å². The number of nitrogens with one attached hydrogen (secondary N) is 2. The fourth-order valence-corrected chi connectivity index (χ4v) is 2.30. The highest BCUT2D eigenvalue weighted by Gasteiger charge is 2.23. The van der Waals surface area contributed by atoms with Gasteiger partial charge in [0.25, 0.3) is 5.91 Å². The first-order chi connectivity index (χ1) is 9.36. The third-order valence-corrected chi connectivity index (χ3v) is 3.99. The predicted molar refractivity (Wildman–Crippen MR) is 73.0 cm³/mol. The lowest BCUT2D eigenvalue weighted by molar-refractivity contribution is -0.120. The van der Waals surface area contributed by atoms with E-state index < -0.39 is 15.7 Å². The van der Waals surface area contributed by atoms with E-state index in [2.05, 4.69) is 10.6 Å². The van der Waals surface area contributed by atoms with Gasteiger partial charge in [-0.3, -0.25) is 9.59 Å². The van der Waals surface area contributed by atoms with E-state index in [0.717, 1.165) is 19.1 Å². The Balaban J connectivity index is 1.96. The number of hydrogen-bond donors (Lipinski definition) is 2. The fraction of sp³-hybridized carbons (Fsp3) is 0.385. The molecule has 108 valence electrons. The maximum atomic E-state index is 11.8. The number of benzene rings is 1. The van der Waals surface area contributed by atoms with Crippen LogP contribution < -0.4 is 10.6 Å². The van der Waals surface area contributed by atoms with Gasteiger partial charge in [0.2, 0.25) is 5.91 Å². The summed E-state index contributed by atoms with van der Waals surface area (Å²) in [5.41, 5.74) is 0.215. The summed E-state index contributed by atoms with van der Waals surface area (Å²) in [6.07, 6.45) is 3.04. The molecule has 6 nitrogen and oxygen atoms in total. The minimum atomic E-state index is -3.36. The molecular formula is C13H16N2O4S. The van der Waals surface area contributed by atoms with Gasteiger partial charge in [0, 0.05) is 17.9 Å². The average Bonchev–Trinajstić information content (AvgIpc) is 3.19. The molecule has 1 aromatic carbocycles. The maximum Gasteiger partial charge on any atom is 0.251 e. The van der Waals surface area contributed by atoms with Gasteiger partial charge in [-0.15, -0.1) is 0 Å². The van der Waals surface area contributed by atoms with Crippen molar-refractivity contribution in [2.75, 3.05) is 12.8 Å². The van der Waals surface area contributed by atoms with Gasteiger partial charge < -0.3 is 10.6 Å². The minimum absolute atomic E-state index is 0.0765. The molecule has 2 amide bonds. The highest BCUT2D eigenvalue weighted by atomic mass is 32.2. The Kier molecular flexibility index (Phi) is 4.08. The van der Waals surface area contributed by atoms with Crippen LogP contribution in [0.3, 0.4) is 0 Å². The summed E-state index contributed by atoms with van der Waals surface area (Å²) in [5, 5.41) is 5.21. The monoisotopic (exact) mass is 296 g/mol. The summed E-state index contributed by atoms with van der Waals surface area (Å²) in [6.45, 7) is -0.113. The molecule has 1 fully saturated rings. The average molecular weight is 296 g/mol. The molecule has 0 aromatic heterocycles. The lowest BCUT2D eigenvalue weighted by atomic mass is 10.2. The van der Waals surface area contributed by atoms with Crippen molar-refractivity contribution < 1.29 is 18.0 Å². The minimum Gasteiger partial charge on any atom is -0.352 e. The molecule has 0 saturated heterocycles. The highest BCUT2D eigenvalue weighted by molar-refractivity contribution is 7.90. The van der Waals surface area contributed by atoms with E-state index in [0.29, 0.717) is 0 Å². The van der Waals surface area contributed by atoms with E-state index in [1.165, 1.54) is 24.3 Å². The molecule has 0 unspecified atom stereocenters. The zero-order valence-corrected chi connectivity index (χ0v) is 11.9. The molecule has 2 rings (SSSR count). The summed E-state index contributed by atoms with van der Waals surface area (Å²) in [5.74, 6) is -0.707. The molecule has 0 atom stereocenters. The lowest BCUT2D eigenvalue weighted by Crippen LogP contribution is -2.37. The standard InChI is InChI=1S/C13H16N2O4S/c1-20(18,19)11-4-2-3-9(7-11)13(17)14-8-12(16)15-10-5-6-10/h2-4,7,10H,5-6,8H2,1H3,(H,14,17)(H,15,16). The van der Waals surface area contributed by atoms with Crippen molar-refractivity contribution >= 4 is 21.7 Å². The summed E-state index contributed by atoms with van der Waals surface area (Å²) in [4.78, 5) is 23.4. The molecule has 1 aliphatic carbocycles. The molecule has 0 bridgehead atoms. The van der Waals surface area contributed by atoms with Gasteiger partial charge in [-0.05, 0) is 31.0 Å². The Bertz CT molecular complexity index is 636. The van der Waals surface area contributed by atoms with Gasteiger partial charge in [-0.1, -0.05) is 6.07 Å². The van der Waals surface area contributed by atoms with Gasteiger partial charge in [0.15, 0.2) is 9.84 Å². The first kappa shape index (κ1) is 14.5. The van der Waals surface area contributed by atoms with Crippen molar-refractivity contribution in [1.82, 2.24) is 10.6 Å². The van der Waals surface area contributed by atoms with Crippen LogP contribution in [-0.2, 0) is 14.6 Å². The van der Waals surface area contributed by atoms with Gasteiger partial charge in [0.1, 0.15) is 0 Å². The maximum absolute atomic E-state index is 11.8. The van der Waals surface area contributed by atoms with E-state index in [1.807, 2.05) is 0 Å². The first-order valence-corrected chi connectivity index (χ1v) is 8.13. The third-order valence-electron chi connectivity index (χ3n) is 2.88. The van der Waals surface area contributed by atoms with Crippen LogP contribution >= 0.6 is 0 Å². The number of hydrogen-bond acceptors (Lipinski definition) is 4. The second-order valence-corrected chi connectivity index (χ2v) is 6.84. The number of sulfone groups is 1. The largest absolute Gasteiger partial charge is 0.352 e. The highest BCUT2D eigenvalue weighted by Crippen LogP contribution is 2.18. The Hall–Kier alpha value is -1.89. The topological polar surface area (TPSA) is 92.3 Å². The number of carbonyl (C=O) groups is 2. The lowest BCUT2D eigenvalue weighted by Gasteiger charge is -2.07. The molecule has 0 heterocycles. The Morgan fingerprint density at radius 3 is 2.60 bits per heavy atom. The van der Waals surface area contributed by atoms with Crippen molar-refractivity contribution in [1.29, 1.82) is 0 Å². The van der Waals surface area contributed by atoms with Crippen LogP contribution in [0.2, 0.25) is 0 Å². The third kappa shape index (κ3) is 4.06. The number of carbonyl (C=O) groups excluding carboxylic acids is 2. The fourth-order valence-electron chi connectivity index (χ4n) is 1.64. The predicted octanol–water partition coefficient (Wildman–Crippen LogP) is 0.0985. The molecule has 0 spiro atoms. The SMILES string of the molecule is CS(=O)(=O)c1cccc(C(=O)NCC(=O)NC2CC2)c1. The van der Waals surface area contributed by atoms with Crippen LogP contribution in [0.5, 0.6) is 0 Å². The Labute approximate surface area is 117 Å². The first-order valence-electron chi connectivity index (χ1n) is 6.24. The number of amides is 2. The van der Waals surface area contributed by atoms with Gasteiger partial charge in [-0.2, -0.15) is 0 Å². The van der Waals surface area contributed by atoms with Crippen LogP contribution in [0.4, 0.5) is 0 Å². The van der Waals surface area contributed by atoms with Crippen LogP contribution in [0.15, 0.2) is 29.2 Å². The molecule has 1 aliphatic rings. The van der Waals surface area contributed by atoms with E-state index >= 15 is 0 Å². The quantitative estimate of drug-likeness (QED) is 0.806. The molecule has 20 heavy (non-hydrogen) atoms. The summed E-state index contributed by atoms with van der Waals surface area (Å²) >= 11 is 0. The second kappa shape index (κ2) is 5.62. The van der Waals surface area contributed by atoms with E-state index in [1.54, 1.807) is 0 Å². The van der Waals surface area contributed by atoms with Crippen molar-refractivity contribution in [3.63, 3.8) is 0 Å². The van der Waals surface area contributed by atoms with Crippen LogP contribution in [0.1, 0.15) is 23.2 Å². The van der Waals surface area contributed by atoms with Gasteiger partial charge in [0.05, 0.1) is 11.4 Å². The number of rotatable bonds is 5.